The Kier molecular flexibility index (Phi) is 4.49. The van der Waals surface area contributed by atoms with Crippen molar-refractivity contribution in [2.45, 2.75) is 11.8 Å². The minimum Gasteiger partial charge on any atom is -0.280 e. The molecule has 2 N–H and O–H groups in total. The predicted octanol–water partition coefficient (Wildman–Crippen LogP) is 4.08. The maximum absolute atomic E-state index is 12.8. The van der Waals surface area contributed by atoms with Gasteiger partial charge in [-0.25, -0.2) is 8.42 Å². The van der Waals surface area contributed by atoms with Crippen LogP contribution in [0.3, 0.4) is 0 Å². The fourth-order valence-electron chi connectivity index (χ4n) is 3.07. The number of aromatic amines is 1. The van der Waals surface area contributed by atoms with Gasteiger partial charge in [-0.2, -0.15) is 0 Å². The molecule has 1 heterocycles. The summed E-state index contributed by atoms with van der Waals surface area (Å²) in [6.07, 6.45) is 0. The number of anilines is 1. The van der Waals surface area contributed by atoms with Gasteiger partial charge in [0.25, 0.3) is 15.6 Å². The van der Waals surface area contributed by atoms with Gasteiger partial charge < -0.3 is 0 Å². The number of H-pyrrole nitrogens is 1. The smallest absolute Gasteiger partial charge is 0.272 e. The molecule has 0 aliphatic rings. The van der Waals surface area contributed by atoms with Crippen molar-refractivity contribution < 1.29 is 8.42 Å². The number of nitrogens with one attached hydrogen (secondary N) is 2. The molecule has 0 spiro atoms. The molecule has 0 atom stereocenters. The summed E-state index contributed by atoms with van der Waals surface area (Å²) in [5, 5.41) is 3.53. The Morgan fingerprint density at radius 2 is 1.75 bits per heavy atom. The maximum Gasteiger partial charge on any atom is 0.272 e. The van der Waals surface area contributed by atoms with Crippen LogP contribution in [-0.2, 0) is 10.0 Å². The van der Waals surface area contributed by atoms with Gasteiger partial charge >= 0.3 is 0 Å². The minimum absolute atomic E-state index is 0.0934. The zero-order chi connectivity index (χ0) is 19.9. The molecule has 1 aromatic heterocycles. The third kappa shape index (κ3) is 3.19. The van der Waals surface area contributed by atoms with Gasteiger partial charge in [0.05, 0.1) is 21.5 Å². The van der Waals surface area contributed by atoms with Gasteiger partial charge in [0.1, 0.15) is 0 Å². The van der Waals surface area contributed by atoms with Crippen molar-refractivity contribution in [3.8, 4) is 5.69 Å². The Labute approximate surface area is 166 Å². The van der Waals surface area contributed by atoms with E-state index in [0.717, 1.165) is 5.69 Å². The first-order chi connectivity index (χ1) is 13.4. The monoisotopic (exact) mass is 413 g/mol. The molecule has 3 aromatic carbocycles. The maximum atomic E-state index is 12.8. The van der Waals surface area contributed by atoms with E-state index >= 15 is 0 Å². The molecule has 0 unspecified atom stereocenters. The van der Waals surface area contributed by atoms with E-state index in [1.54, 1.807) is 35.9 Å². The van der Waals surface area contributed by atoms with E-state index in [2.05, 4.69) is 9.82 Å². The van der Waals surface area contributed by atoms with Crippen LogP contribution in [0.15, 0.2) is 76.4 Å². The number of para-hydroxylation sites is 1. The van der Waals surface area contributed by atoms with Crippen molar-refractivity contribution >= 4 is 38.2 Å². The second-order valence-corrected chi connectivity index (χ2v) is 8.37. The molecule has 4 aromatic rings. The van der Waals surface area contributed by atoms with Crippen molar-refractivity contribution in [2.24, 2.45) is 0 Å². The number of benzene rings is 3. The number of nitrogens with zero attached hydrogens (tertiary/aromatic N) is 1. The van der Waals surface area contributed by atoms with E-state index in [4.69, 9.17) is 11.6 Å². The van der Waals surface area contributed by atoms with Crippen molar-refractivity contribution in [3.05, 3.63) is 87.7 Å². The lowest BCUT2D eigenvalue weighted by molar-refractivity contribution is 0.600. The zero-order valence-electron chi connectivity index (χ0n) is 14.8. The molecular weight excluding hydrogens is 398 g/mol. The molecule has 28 heavy (non-hydrogen) atoms. The van der Waals surface area contributed by atoms with E-state index in [-0.39, 0.29) is 10.5 Å². The predicted molar refractivity (Wildman–Crippen MR) is 111 cm³/mol. The van der Waals surface area contributed by atoms with Crippen molar-refractivity contribution in [3.63, 3.8) is 0 Å². The highest BCUT2D eigenvalue weighted by Gasteiger charge is 2.19. The Balaban J connectivity index is 1.76. The van der Waals surface area contributed by atoms with Crippen LogP contribution in [0.1, 0.15) is 5.56 Å². The van der Waals surface area contributed by atoms with E-state index < -0.39 is 10.0 Å². The van der Waals surface area contributed by atoms with Gasteiger partial charge in [-0.1, -0.05) is 35.9 Å². The minimum atomic E-state index is -3.85. The summed E-state index contributed by atoms with van der Waals surface area (Å²) in [7, 11) is -3.85. The van der Waals surface area contributed by atoms with Gasteiger partial charge in [-0.05, 0) is 55.0 Å². The molecule has 0 aliphatic heterocycles. The van der Waals surface area contributed by atoms with Crippen LogP contribution in [0.2, 0.25) is 5.02 Å². The molecule has 0 amide bonds. The Hall–Kier alpha value is -3.03. The van der Waals surface area contributed by atoms with Gasteiger partial charge in [0, 0.05) is 10.7 Å². The van der Waals surface area contributed by atoms with Gasteiger partial charge in [-0.15, -0.1) is 0 Å². The molecule has 0 fully saturated rings. The molecule has 0 bridgehead atoms. The lowest BCUT2D eigenvalue weighted by Gasteiger charge is -2.11. The molecule has 0 saturated carbocycles. The molecule has 0 radical (unpaired) electrons. The standard InChI is InChI=1S/C20H16ClN3O3S/c1-13-17(21)8-5-9-19(13)28(26,27)23-14-10-11-18-16(12-14)20(25)22-24(18)15-6-3-2-4-7-15/h2-12,23H,1H3,(H,22,25). The molecule has 4 rings (SSSR count). The number of aromatic nitrogens is 2. The third-order valence-corrected chi connectivity index (χ3v) is 6.40. The molecule has 6 nitrogen and oxygen atoms in total. The van der Waals surface area contributed by atoms with Crippen molar-refractivity contribution in [1.29, 1.82) is 0 Å². The molecule has 142 valence electrons. The number of hydrogen-bond acceptors (Lipinski definition) is 3. The number of halogens is 1. The van der Waals surface area contributed by atoms with Crippen molar-refractivity contribution in [1.82, 2.24) is 9.78 Å². The van der Waals surface area contributed by atoms with Gasteiger partial charge in [0.15, 0.2) is 0 Å². The largest absolute Gasteiger partial charge is 0.280 e. The van der Waals surface area contributed by atoms with Crippen molar-refractivity contribution in [2.75, 3.05) is 4.72 Å². The Morgan fingerprint density at radius 1 is 1.00 bits per heavy atom. The fraction of sp³-hybridized carbons (Fsp3) is 0.0500. The molecule has 0 saturated heterocycles. The van der Waals surface area contributed by atoms with Crippen LogP contribution < -0.4 is 10.3 Å². The first-order valence-corrected chi connectivity index (χ1v) is 10.3. The van der Waals surface area contributed by atoms with Crippen LogP contribution in [0.5, 0.6) is 0 Å². The van der Waals surface area contributed by atoms with E-state index in [1.165, 1.54) is 12.1 Å². The first kappa shape index (κ1) is 18.3. The van der Waals surface area contributed by atoms with E-state index in [1.807, 2.05) is 30.3 Å². The zero-order valence-corrected chi connectivity index (χ0v) is 16.4. The Morgan fingerprint density at radius 3 is 2.50 bits per heavy atom. The fourth-order valence-corrected chi connectivity index (χ4v) is 4.62. The Bertz CT molecular complexity index is 1340. The average Bonchev–Trinajstić information content (AvgIpc) is 3.00. The van der Waals surface area contributed by atoms with Crippen LogP contribution in [0, 0.1) is 6.92 Å². The summed E-state index contributed by atoms with van der Waals surface area (Å²) < 4.78 is 29.7. The molecule has 8 heteroatoms. The summed E-state index contributed by atoms with van der Waals surface area (Å²) in [6, 6.07) is 18.9. The topological polar surface area (TPSA) is 84.0 Å². The van der Waals surface area contributed by atoms with Crippen LogP contribution in [-0.4, -0.2) is 18.2 Å². The van der Waals surface area contributed by atoms with Crippen LogP contribution in [0.4, 0.5) is 5.69 Å². The highest BCUT2D eigenvalue weighted by atomic mass is 35.5. The second-order valence-electron chi connectivity index (χ2n) is 6.31. The van der Waals surface area contributed by atoms with E-state index in [9.17, 15) is 13.2 Å². The summed E-state index contributed by atoms with van der Waals surface area (Å²) in [5.74, 6) is 0. The second kappa shape index (κ2) is 6.85. The normalized spacial score (nSPS) is 11.6. The number of sulfonamides is 1. The van der Waals surface area contributed by atoms with E-state index in [0.29, 0.717) is 27.2 Å². The highest BCUT2D eigenvalue weighted by Crippen LogP contribution is 2.26. The number of fused-ring (bicyclic) bond motifs is 1. The lowest BCUT2D eigenvalue weighted by Crippen LogP contribution is -2.14. The lowest BCUT2D eigenvalue weighted by atomic mass is 10.2. The SMILES string of the molecule is Cc1c(Cl)cccc1S(=O)(=O)Nc1ccc2c(c1)c(=O)[nH]n2-c1ccccc1. The summed E-state index contributed by atoms with van der Waals surface area (Å²) in [5.41, 5.74) is 1.91. The quantitative estimate of drug-likeness (QED) is 0.528. The third-order valence-electron chi connectivity index (χ3n) is 4.47. The summed E-state index contributed by atoms with van der Waals surface area (Å²) >= 11 is 6.04. The van der Waals surface area contributed by atoms with Gasteiger partial charge in [0.2, 0.25) is 0 Å². The summed E-state index contributed by atoms with van der Waals surface area (Å²) in [6.45, 7) is 1.64. The molecule has 0 aliphatic carbocycles. The average molecular weight is 414 g/mol. The first-order valence-electron chi connectivity index (χ1n) is 8.45. The van der Waals surface area contributed by atoms with Crippen LogP contribution in [0.25, 0.3) is 16.6 Å². The highest BCUT2D eigenvalue weighted by molar-refractivity contribution is 7.92. The summed E-state index contributed by atoms with van der Waals surface area (Å²) in [4.78, 5) is 12.5. The van der Waals surface area contributed by atoms with Gasteiger partial charge in [-0.3, -0.25) is 19.3 Å². The number of rotatable bonds is 4. The van der Waals surface area contributed by atoms with Crippen LogP contribution >= 0.6 is 11.6 Å². The molecular formula is C20H16ClN3O3S. The number of hydrogen-bond donors (Lipinski definition) is 2.